The fourth-order valence-corrected chi connectivity index (χ4v) is 1.27. The number of H-pyrrole nitrogens is 1. The first-order valence-corrected chi connectivity index (χ1v) is 5.36. The summed E-state index contributed by atoms with van der Waals surface area (Å²) in [7, 11) is 0. The lowest BCUT2D eigenvalue weighted by Crippen LogP contribution is -2.19. The van der Waals surface area contributed by atoms with Gasteiger partial charge in [0.25, 0.3) is 5.56 Å². The van der Waals surface area contributed by atoms with E-state index in [0.717, 1.165) is 19.3 Å². The minimum atomic E-state index is -4.60. The van der Waals surface area contributed by atoms with E-state index in [4.69, 9.17) is 0 Å². The third-order valence-corrected chi connectivity index (χ3v) is 2.10. The van der Waals surface area contributed by atoms with Crippen LogP contribution in [-0.4, -0.2) is 16.5 Å². The predicted octanol–water partition coefficient (Wildman–Crippen LogP) is 2.39. The molecule has 0 radical (unpaired) electrons. The van der Waals surface area contributed by atoms with Crippen molar-refractivity contribution in [1.82, 2.24) is 9.97 Å². The Bertz CT molecular complexity index is 414. The fourth-order valence-electron chi connectivity index (χ4n) is 1.27. The van der Waals surface area contributed by atoms with Crippen molar-refractivity contribution in [2.24, 2.45) is 0 Å². The first-order chi connectivity index (χ1) is 7.93. The Labute approximate surface area is 96.3 Å². The molecule has 1 aromatic rings. The molecule has 0 bridgehead atoms. The summed E-state index contributed by atoms with van der Waals surface area (Å²) in [6.07, 6.45) is -1.81. The van der Waals surface area contributed by atoms with E-state index in [-0.39, 0.29) is 5.95 Å². The van der Waals surface area contributed by atoms with Gasteiger partial charge >= 0.3 is 6.18 Å². The Morgan fingerprint density at radius 1 is 1.41 bits per heavy atom. The summed E-state index contributed by atoms with van der Waals surface area (Å²) < 4.78 is 37.0. The molecule has 4 nitrogen and oxygen atoms in total. The number of aromatic nitrogens is 2. The van der Waals surface area contributed by atoms with E-state index in [1.807, 2.05) is 6.92 Å². The number of halogens is 3. The molecule has 7 heteroatoms. The van der Waals surface area contributed by atoms with E-state index in [9.17, 15) is 18.0 Å². The Hall–Kier alpha value is -1.53. The maximum Gasteiger partial charge on any atom is 0.433 e. The molecule has 2 N–H and O–H groups in total. The predicted molar refractivity (Wildman–Crippen MR) is 57.9 cm³/mol. The van der Waals surface area contributed by atoms with Crippen molar-refractivity contribution in [3.8, 4) is 0 Å². The SMILES string of the molecule is CCCCCNc1nc(C(F)(F)F)cc(=O)[nH]1. The van der Waals surface area contributed by atoms with Crippen molar-refractivity contribution in [3.05, 3.63) is 22.1 Å². The second kappa shape index (κ2) is 5.70. The van der Waals surface area contributed by atoms with Gasteiger partial charge in [0.2, 0.25) is 5.95 Å². The lowest BCUT2D eigenvalue weighted by molar-refractivity contribution is -0.141. The highest BCUT2D eigenvalue weighted by atomic mass is 19.4. The van der Waals surface area contributed by atoms with Gasteiger partial charge in [0.1, 0.15) is 0 Å². The topological polar surface area (TPSA) is 57.8 Å². The Kier molecular flexibility index (Phi) is 4.53. The molecule has 0 spiro atoms. The number of hydrogen-bond acceptors (Lipinski definition) is 3. The average molecular weight is 249 g/mol. The van der Waals surface area contributed by atoms with E-state index in [1.165, 1.54) is 0 Å². The highest BCUT2D eigenvalue weighted by molar-refractivity contribution is 5.25. The van der Waals surface area contributed by atoms with Gasteiger partial charge < -0.3 is 5.32 Å². The monoisotopic (exact) mass is 249 g/mol. The van der Waals surface area contributed by atoms with E-state index in [2.05, 4.69) is 15.3 Å². The van der Waals surface area contributed by atoms with Gasteiger partial charge in [0.05, 0.1) is 0 Å². The summed E-state index contributed by atoms with van der Waals surface area (Å²) in [6.45, 7) is 2.50. The minimum absolute atomic E-state index is 0.138. The van der Waals surface area contributed by atoms with Crippen LogP contribution in [0.1, 0.15) is 31.9 Å². The van der Waals surface area contributed by atoms with E-state index in [1.54, 1.807) is 0 Å². The van der Waals surface area contributed by atoms with Crippen LogP contribution in [0.3, 0.4) is 0 Å². The van der Waals surface area contributed by atoms with Crippen LogP contribution >= 0.6 is 0 Å². The summed E-state index contributed by atoms with van der Waals surface area (Å²) in [5.74, 6) is -0.138. The van der Waals surface area contributed by atoms with Gasteiger partial charge in [-0.1, -0.05) is 19.8 Å². The third-order valence-electron chi connectivity index (χ3n) is 2.10. The normalized spacial score (nSPS) is 11.5. The molecule has 0 saturated carbocycles. The zero-order valence-corrected chi connectivity index (χ0v) is 9.40. The van der Waals surface area contributed by atoms with Crippen LogP contribution in [0.2, 0.25) is 0 Å². The van der Waals surface area contributed by atoms with E-state index < -0.39 is 17.4 Å². The molecule has 0 amide bonds. The summed E-state index contributed by atoms with van der Waals surface area (Å²) in [4.78, 5) is 16.5. The van der Waals surface area contributed by atoms with Crippen molar-refractivity contribution in [3.63, 3.8) is 0 Å². The van der Waals surface area contributed by atoms with E-state index >= 15 is 0 Å². The molecule has 0 atom stereocenters. The zero-order chi connectivity index (χ0) is 12.9. The number of nitrogens with one attached hydrogen (secondary N) is 2. The van der Waals surface area contributed by atoms with Gasteiger partial charge in [-0.2, -0.15) is 13.2 Å². The maximum atomic E-state index is 12.3. The molecule has 0 saturated heterocycles. The maximum absolute atomic E-state index is 12.3. The first-order valence-electron chi connectivity index (χ1n) is 5.36. The quantitative estimate of drug-likeness (QED) is 0.788. The number of hydrogen-bond donors (Lipinski definition) is 2. The van der Waals surface area contributed by atoms with Crippen LogP contribution in [0.5, 0.6) is 0 Å². The van der Waals surface area contributed by atoms with Crippen LogP contribution in [0.4, 0.5) is 19.1 Å². The molecule has 0 aromatic carbocycles. The Morgan fingerprint density at radius 3 is 2.71 bits per heavy atom. The number of aromatic amines is 1. The largest absolute Gasteiger partial charge is 0.433 e. The highest BCUT2D eigenvalue weighted by Crippen LogP contribution is 2.26. The molecule has 17 heavy (non-hydrogen) atoms. The number of nitrogens with zero attached hydrogens (tertiary/aromatic N) is 1. The van der Waals surface area contributed by atoms with Gasteiger partial charge in [0.15, 0.2) is 5.69 Å². The lowest BCUT2D eigenvalue weighted by Gasteiger charge is -2.08. The number of alkyl halides is 3. The van der Waals surface area contributed by atoms with Crippen molar-refractivity contribution in [2.75, 3.05) is 11.9 Å². The second-order valence-corrected chi connectivity index (χ2v) is 3.61. The molecule has 0 aliphatic heterocycles. The summed E-state index contributed by atoms with van der Waals surface area (Å²) >= 11 is 0. The smallest absolute Gasteiger partial charge is 0.356 e. The van der Waals surface area contributed by atoms with Crippen LogP contribution in [-0.2, 0) is 6.18 Å². The molecular formula is C10H14F3N3O. The van der Waals surface area contributed by atoms with Crippen molar-refractivity contribution < 1.29 is 13.2 Å². The van der Waals surface area contributed by atoms with Crippen LogP contribution < -0.4 is 10.9 Å². The minimum Gasteiger partial charge on any atom is -0.356 e. The Morgan fingerprint density at radius 2 is 2.12 bits per heavy atom. The molecule has 1 rings (SSSR count). The number of rotatable bonds is 5. The molecule has 0 aliphatic rings. The summed E-state index contributed by atoms with van der Waals surface area (Å²) in [6, 6.07) is 0.442. The molecule has 0 aliphatic carbocycles. The lowest BCUT2D eigenvalue weighted by atomic mass is 10.2. The number of anilines is 1. The van der Waals surface area contributed by atoms with Gasteiger partial charge in [-0.15, -0.1) is 0 Å². The van der Waals surface area contributed by atoms with Crippen molar-refractivity contribution in [2.45, 2.75) is 32.4 Å². The van der Waals surface area contributed by atoms with E-state index in [0.29, 0.717) is 12.6 Å². The fraction of sp³-hybridized carbons (Fsp3) is 0.600. The average Bonchev–Trinajstić information content (AvgIpc) is 2.22. The molecule has 0 unspecified atom stereocenters. The van der Waals surface area contributed by atoms with Gasteiger partial charge in [0, 0.05) is 12.6 Å². The molecule has 1 aromatic heterocycles. The first kappa shape index (κ1) is 13.5. The van der Waals surface area contributed by atoms with Gasteiger partial charge in [-0.25, -0.2) is 4.98 Å². The molecule has 96 valence electrons. The van der Waals surface area contributed by atoms with Crippen molar-refractivity contribution >= 4 is 5.95 Å². The van der Waals surface area contributed by atoms with Gasteiger partial charge in [-0.05, 0) is 6.42 Å². The van der Waals surface area contributed by atoms with Crippen LogP contribution in [0.15, 0.2) is 10.9 Å². The second-order valence-electron chi connectivity index (χ2n) is 3.61. The highest BCUT2D eigenvalue weighted by Gasteiger charge is 2.33. The van der Waals surface area contributed by atoms with Gasteiger partial charge in [-0.3, -0.25) is 9.78 Å². The van der Waals surface area contributed by atoms with Crippen LogP contribution in [0.25, 0.3) is 0 Å². The van der Waals surface area contributed by atoms with Crippen LogP contribution in [0, 0.1) is 0 Å². The third kappa shape index (κ3) is 4.46. The summed E-state index contributed by atoms with van der Waals surface area (Å²) in [5.41, 5.74) is -2.00. The molecular weight excluding hydrogens is 235 g/mol. The standard InChI is InChI=1S/C10H14F3N3O/c1-2-3-4-5-14-9-15-7(10(11,12)13)6-8(17)16-9/h6H,2-5H2,1H3,(H2,14,15,16,17). The number of unbranched alkanes of at least 4 members (excludes halogenated alkanes) is 2. The molecule has 0 fully saturated rings. The summed E-state index contributed by atoms with van der Waals surface area (Å²) in [5, 5.41) is 2.67. The Balaban J connectivity index is 2.73. The van der Waals surface area contributed by atoms with Crippen molar-refractivity contribution in [1.29, 1.82) is 0 Å². The zero-order valence-electron chi connectivity index (χ0n) is 9.40. The molecule has 1 heterocycles.